The highest BCUT2D eigenvalue weighted by molar-refractivity contribution is 5.95. The smallest absolute Gasteiger partial charge is 0.408 e. The summed E-state index contributed by atoms with van der Waals surface area (Å²) in [6.07, 6.45) is 1.07. The highest BCUT2D eigenvalue weighted by Gasteiger charge is 2.43. The number of ether oxygens (including phenoxy) is 3. The summed E-state index contributed by atoms with van der Waals surface area (Å²) in [4.78, 5) is 66.5. The molecule has 3 atom stereocenters. The molecule has 1 heterocycles. The quantitative estimate of drug-likeness (QED) is 0.234. The number of alkyl carbamates (subject to hydrolysis) is 1. The maximum atomic E-state index is 13.7. The molecule has 0 saturated carbocycles. The lowest BCUT2D eigenvalue weighted by Crippen LogP contribution is -2.60. The Balaban J connectivity index is 2.22. The number of carbonyl (C=O) groups is 5. The van der Waals surface area contributed by atoms with E-state index in [1.165, 1.54) is 11.0 Å². The maximum Gasteiger partial charge on any atom is 0.408 e. The van der Waals surface area contributed by atoms with Crippen LogP contribution in [0.5, 0.6) is 0 Å². The number of nitrogens with zero attached hydrogens (tertiary/aromatic N) is 1. The third-order valence-electron chi connectivity index (χ3n) is 6.16. The van der Waals surface area contributed by atoms with Crippen molar-refractivity contribution in [3.63, 3.8) is 0 Å². The van der Waals surface area contributed by atoms with Gasteiger partial charge in [0.1, 0.15) is 36.9 Å². The minimum atomic E-state index is -1.39. The average molecular weight is 574 g/mol. The standard InChI is InChI=1S/C30H43N3O8/c1-8-17-39-27(37)22-15-12-16-33(22)26(36)24(29(2,3)4)32-25(35)21(18-23(34)41-30(5,6)7)31-28(38)40-19-20-13-10-9-11-14-20/h8-11,13-14,21-22,24H,1,12,15-19H2,2-7H3,(H,31,38)(H,32,35)/t21-,22-,24+/m0/s1. The van der Waals surface area contributed by atoms with Gasteiger partial charge in [-0.05, 0) is 44.6 Å². The van der Waals surface area contributed by atoms with Gasteiger partial charge in [-0.3, -0.25) is 14.4 Å². The zero-order valence-electron chi connectivity index (χ0n) is 24.9. The Morgan fingerprint density at radius 3 is 2.27 bits per heavy atom. The van der Waals surface area contributed by atoms with Gasteiger partial charge in [0.2, 0.25) is 11.8 Å². The molecule has 3 amide bonds. The number of hydrogen-bond acceptors (Lipinski definition) is 8. The van der Waals surface area contributed by atoms with Crippen molar-refractivity contribution in [2.45, 2.75) is 91.1 Å². The minimum Gasteiger partial charge on any atom is -0.460 e. The second kappa shape index (κ2) is 14.7. The molecule has 2 N–H and O–H groups in total. The van der Waals surface area contributed by atoms with Crippen molar-refractivity contribution < 1.29 is 38.2 Å². The first-order valence-corrected chi connectivity index (χ1v) is 13.7. The van der Waals surface area contributed by atoms with Gasteiger partial charge in [-0.15, -0.1) is 0 Å². The predicted octanol–water partition coefficient (Wildman–Crippen LogP) is 3.26. The fraction of sp³-hybridized carbons (Fsp3) is 0.567. The van der Waals surface area contributed by atoms with E-state index in [0.29, 0.717) is 19.4 Å². The van der Waals surface area contributed by atoms with Crippen LogP contribution < -0.4 is 10.6 Å². The van der Waals surface area contributed by atoms with Crippen LogP contribution in [0.1, 0.15) is 66.4 Å². The van der Waals surface area contributed by atoms with Crippen molar-refractivity contribution in [2.24, 2.45) is 5.41 Å². The van der Waals surface area contributed by atoms with E-state index in [9.17, 15) is 24.0 Å². The van der Waals surface area contributed by atoms with E-state index in [1.807, 2.05) is 6.07 Å². The Bertz CT molecular complexity index is 1090. The van der Waals surface area contributed by atoms with Gasteiger partial charge in [0.05, 0.1) is 6.42 Å². The monoisotopic (exact) mass is 573 g/mol. The molecule has 1 aromatic rings. The van der Waals surface area contributed by atoms with Gasteiger partial charge in [0, 0.05) is 6.54 Å². The van der Waals surface area contributed by atoms with Crippen LogP contribution in [0.2, 0.25) is 0 Å². The van der Waals surface area contributed by atoms with Crippen LogP contribution >= 0.6 is 0 Å². The zero-order valence-corrected chi connectivity index (χ0v) is 24.9. The maximum absolute atomic E-state index is 13.7. The van der Waals surface area contributed by atoms with E-state index in [1.54, 1.807) is 65.8 Å². The van der Waals surface area contributed by atoms with E-state index in [0.717, 1.165) is 5.56 Å². The molecule has 0 aliphatic carbocycles. The summed E-state index contributed by atoms with van der Waals surface area (Å²) in [5, 5.41) is 5.14. The molecular weight excluding hydrogens is 530 g/mol. The number of benzene rings is 1. The summed E-state index contributed by atoms with van der Waals surface area (Å²) in [5.74, 6) is -2.50. The van der Waals surface area contributed by atoms with Gasteiger partial charge < -0.3 is 29.7 Å². The second-order valence-corrected chi connectivity index (χ2v) is 12.0. The molecule has 0 aromatic heterocycles. The summed E-state index contributed by atoms with van der Waals surface area (Å²) >= 11 is 0. The molecule has 1 saturated heterocycles. The van der Waals surface area contributed by atoms with Gasteiger partial charge in [0.15, 0.2) is 0 Å². The Morgan fingerprint density at radius 1 is 1.02 bits per heavy atom. The van der Waals surface area contributed by atoms with Gasteiger partial charge in [-0.1, -0.05) is 63.8 Å². The fourth-order valence-corrected chi connectivity index (χ4v) is 4.24. The molecule has 1 aromatic carbocycles. The number of esters is 2. The summed E-state index contributed by atoms with van der Waals surface area (Å²) < 4.78 is 15.8. The normalized spacial score (nSPS) is 16.6. The van der Waals surface area contributed by atoms with Gasteiger partial charge in [-0.2, -0.15) is 0 Å². The molecule has 11 heteroatoms. The third-order valence-corrected chi connectivity index (χ3v) is 6.16. The molecule has 0 spiro atoms. The largest absolute Gasteiger partial charge is 0.460 e. The predicted molar refractivity (Wildman–Crippen MR) is 151 cm³/mol. The molecule has 1 aliphatic rings. The Morgan fingerprint density at radius 2 is 1.68 bits per heavy atom. The van der Waals surface area contributed by atoms with Crippen molar-refractivity contribution >= 4 is 29.8 Å². The molecule has 1 fully saturated rings. The van der Waals surface area contributed by atoms with Gasteiger partial charge >= 0.3 is 18.0 Å². The van der Waals surface area contributed by atoms with Crippen LogP contribution in [-0.4, -0.2) is 71.6 Å². The molecule has 0 bridgehead atoms. The van der Waals surface area contributed by atoms with Gasteiger partial charge in [0.25, 0.3) is 0 Å². The lowest BCUT2D eigenvalue weighted by atomic mass is 9.85. The first-order chi connectivity index (χ1) is 19.1. The van der Waals surface area contributed by atoms with E-state index < -0.39 is 65.4 Å². The molecule has 226 valence electrons. The van der Waals surface area contributed by atoms with Crippen molar-refractivity contribution in [2.75, 3.05) is 13.2 Å². The van der Waals surface area contributed by atoms with Crippen molar-refractivity contribution in [3.8, 4) is 0 Å². The lowest BCUT2D eigenvalue weighted by Gasteiger charge is -2.36. The number of hydrogen-bond donors (Lipinski definition) is 2. The molecule has 11 nitrogen and oxygen atoms in total. The average Bonchev–Trinajstić information content (AvgIpc) is 3.37. The van der Waals surface area contributed by atoms with E-state index in [-0.39, 0.29) is 13.2 Å². The minimum absolute atomic E-state index is 0.0230. The van der Waals surface area contributed by atoms with Crippen LogP contribution in [0.15, 0.2) is 43.0 Å². The highest BCUT2D eigenvalue weighted by Crippen LogP contribution is 2.26. The molecule has 2 rings (SSSR count). The second-order valence-electron chi connectivity index (χ2n) is 12.0. The lowest BCUT2D eigenvalue weighted by molar-refractivity contribution is -0.157. The summed E-state index contributed by atoms with van der Waals surface area (Å²) in [5.41, 5.74) is -0.864. The zero-order chi connectivity index (χ0) is 30.8. The number of likely N-dealkylation sites (tertiary alicyclic amines) is 1. The molecular formula is C30H43N3O8. The van der Waals surface area contributed by atoms with E-state index >= 15 is 0 Å². The summed E-state index contributed by atoms with van der Waals surface area (Å²) in [6, 6.07) is 5.71. The van der Waals surface area contributed by atoms with Gasteiger partial charge in [-0.25, -0.2) is 9.59 Å². The molecule has 0 radical (unpaired) electrons. The van der Waals surface area contributed by atoms with Crippen LogP contribution in [0.25, 0.3) is 0 Å². The molecule has 0 unspecified atom stereocenters. The van der Waals surface area contributed by atoms with E-state index in [4.69, 9.17) is 14.2 Å². The van der Waals surface area contributed by atoms with Crippen molar-refractivity contribution in [1.82, 2.24) is 15.5 Å². The van der Waals surface area contributed by atoms with E-state index in [2.05, 4.69) is 17.2 Å². The SMILES string of the molecule is C=CCOC(=O)[C@@H]1CCCN1C(=O)[C@@H](NC(=O)[C@H](CC(=O)OC(C)(C)C)NC(=O)OCc1ccccc1)C(C)(C)C. The van der Waals surface area contributed by atoms with Crippen LogP contribution in [0, 0.1) is 5.41 Å². The topological polar surface area (TPSA) is 140 Å². The molecule has 41 heavy (non-hydrogen) atoms. The molecule has 1 aliphatic heterocycles. The van der Waals surface area contributed by atoms with Crippen LogP contribution in [-0.2, 0) is 40.0 Å². The number of rotatable bonds is 11. The Labute approximate surface area is 242 Å². The van der Waals surface area contributed by atoms with Crippen molar-refractivity contribution in [3.05, 3.63) is 48.6 Å². The third kappa shape index (κ3) is 10.9. The fourth-order valence-electron chi connectivity index (χ4n) is 4.24. The number of amides is 3. The first kappa shape index (κ1) is 33.3. The number of nitrogens with one attached hydrogen (secondary N) is 2. The van der Waals surface area contributed by atoms with Crippen molar-refractivity contribution in [1.29, 1.82) is 0 Å². The van der Waals surface area contributed by atoms with Crippen LogP contribution in [0.4, 0.5) is 4.79 Å². The Hall–Kier alpha value is -3.89. The number of carbonyl (C=O) groups excluding carboxylic acids is 5. The highest BCUT2D eigenvalue weighted by atomic mass is 16.6. The summed E-state index contributed by atoms with van der Waals surface area (Å²) in [7, 11) is 0. The van der Waals surface area contributed by atoms with Crippen LogP contribution in [0.3, 0.4) is 0 Å². The summed E-state index contributed by atoms with van der Waals surface area (Å²) in [6.45, 7) is 14.2. The first-order valence-electron chi connectivity index (χ1n) is 13.7. The Kier molecular flexibility index (Phi) is 11.9.